The minimum absolute atomic E-state index is 0.223. The first-order valence-electron chi connectivity index (χ1n) is 5.28. The van der Waals surface area contributed by atoms with Crippen molar-refractivity contribution in [1.82, 2.24) is 5.48 Å². The second kappa shape index (κ2) is 4.14. The highest BCUT2D eigenvalue weighted by atomic mass is 16.7. The average molecular weight is 223 g/mol. The van der Waals surface area contributed by atoms with Gasteiger partial charge in [0, 0.05) is 12.7 Å². The molecule has 1 heterocycles. The fraction of sp³-hybridized carbons (Fsp3) is 0.500. The van der Waals surface area contributed by atoms with Gasteiger partial charge in [0.05, 0.1) is 5.54 Å². The number of hydrogen-bond donors (Lipinski definition) is 2. The molecule has 2 unspecified atom stereocenters. The molecular weight excluding hydrogens is 206 g/mol. The Hall–Kier alpha value is -0.940. The van der Waals surface area contributed by atoms with E-state index in [2.05, 4.69) is 5.48 Å². The normalized spacial score (nSPS) is 24.5. The first kappa shape index (κ1) is 11.5. The Labute approximate surface area is 95.1 Å². The molecule has 4 heteroatoms. The molecule has 4 nitrogen and oxygen atoms in total. The van der Waals surface area contributed by atoms with Crippen LogP contribution in [0.4, 0.5) is 0 Å². The Kier molecular flexibility index (Phi) is 2.99. The van der Waals surface area contributed by atoms with Gasteiger partial charge < -0.3 is 14.7 Å². The molecule has 0 bridgehead atoms. The standard InChI is InChI=1S/C12H17NO3/c1-12(2,13-14)10-8-6-4-5-7-9(8)11(15-3)16-10/h4-7,10-11,13-14H,1-3H3. The number of hydrogen-bond acceptors (Lipinski definition) is 4. The number of benzene rings is 1. The van der Waals surface area contributed by atoms with Crippen LogP contribution < -0.4 is 5.48 Å². The van der Waals surface area contributed by atoms with Crippen molar-refractivity contribution in [3.05, 3.63) is 35.4 Å². The molecule has 16 heavy (non-hydrogen) atoms. The fourth-order valence-corrected chi connectivity index (χ4v) is 2.03. The molecule has 0 amide bonds. The summed E-state index contributed by atoms with van der Waals surface area (Å²) in [7, 11) is 1.61. The topological polar surface area (TPSA) is 50.7 Å². The SMILES string of the molecule is COC1OC(C(C)(C)NO)c2ccccc21. The maximum absolute atomic E-state index is 9.17. The monoisotopic (exact) mass is 223 g/mol. The Bertz CT molecular complexity index is 378. The lowest BCUT2D eigenvalue weighted by Gasteiger charge is -2.30. The van der Waals surface area contributed by atoms with Crippen LogP contribution in [0.25, 0.3) is 0 Å². The number of ether oxygens (including phenoxy) is 2. The molecule has 0 radical (unpaired) electrons. The molecule has 1 aliphatic rings. The number of hydroxylamine groups is 1. The summed E-state index contributed by atoms with van der Waals surface area (Å²) in [6.07, 6.45) is -0.576. The Morgan fingerprint density at radius 1 is 1.31 bits per heavy atom. The predicted octanol–water partition coefficient (Wildman–Crippen LogP) is 2.16. The third kappa shape index (κ3) is 1.74. The zero-order chi connectivity index (χ0) is 11.8. The lowest BCUT2D eigenvalue weighted by molar-refractivity contribution is -0.170. The molecule has 1 aromatic carbocycles. The van der Waals surface area contributed by atoms with Gasteiger partial charge in [0.1, 0.15) is 6.10 Å². The summed E-state index contributed by atoms with van der Waals surface area (Å²) in [5.74, 6) is 0. The van der Waals surface area contributed by atoms with Crippen molar-refractivity contribution < 1.29 is 14.7 Å². The third-order valence-corrected chi connectivity index (χ3v) is 2.95. The Balaban J connectivity index is 2.40. The zero-order valence-corrected chi connectivity index (χ0v) is 9.73. The van der Waals surface area contributed by atoms with Crippen molar-refractivity contribution in [3.8, 4) is 0 Å². The molecule has 0 aliphatic carbocycles. The van der Waals surface area contributed by atoms with Gasteiger partial charge in [-0.3, -0.25) is 0 Å². The van der Waals surface area contributed by atoms with E-state index < -0.39 is 5.54 Å². The first-order valence-corrected chi connectivity index (χ1v) is 5.28. The highest BCUT2D eigenvalue weighted by molar-refractivity contribution is 5.35. The van der Waals surface area contributed by atoms with E-state index in [1.54, 1.807) is 7.11 Å². The van der Waals surface area contributed by atoms with E-state index in [9.17, 15) is 0 Å². The molecule has 2 atom stereocenters. The van der Waals surface area contributed by atoms with Crippen LogP contribution in [0.5, 0.6) is 0 Å². The van der Waals surface area contributed by atoms with Crippen LogP contribution in [0, 0.1) is 0 Å². The molecule has 1 aliphatic heterocycles. The van der Waals surface area contributed by atoms with E-state index in [4.69, 9.17) is 14.7 Å². The van der Waals surface area contributed by atoms with Gasteiger partial charge in [-0.05, 0) is 19.4 Å². The predicted molar refractivity (Wildman–Crippen MR) is 59.0 cm³/mol. The van der Waals surface area contributed by atoms with Gasteiger partial charge in [0.2, 0.25) is 0 Å². The summed E-state index contributed by atoms with van der Waals surface area (Å²) in [5, 5.41) is 9.17. The molecule has 1 aromatic rings. The highest BCUT2D eigenvalue weighted by Gasteiger charge is 2.41. The van der Waals surface area contributed by atoms with Crippen LogP contribution in [0.15, 0.2) is 24.3 Å². The number of rotatable bonds is 3. The number of fused-ring (bicyclic) bond motifs is 1. The smallest absolute Gasteiger partial charge is 0.184 e. The summed E-state index contributed by atoms with van der Waals surface area (Å²) in [5.41, 5.74) is 3.82. The maximum Gasteiger partial charge on any atom is 0.184 e. The molecular formula is C12H17NO3. The van der Waals surface area contributed by atoms with Crippen molar-refractivity contribution in [1.29, 1.82) is 0 Å². The van der Waals surface area contributed by atoms with Crippen LogP contribution in [0.2, 0.25) is 0 Å². The van der Waals surface area contributed by atoms with Crippen molar-refractivity contribution in [2.24, 2.45) is 0 Å². The van der Waals surface area contributed by atoms with Crippen LogP contribution >= 0.6 is 0 Å². The van der Waals surface area contributed by atoms with E-state index in [0.29, 0.717) is 0 Å². The summed E-state index contributed by atoms with van der Waals surface area (Å²) in [4.78, 5) is 0. The summed E-state index contributed by atoms with van der Waals surface area (Å²) >= 11 is 0. The van der Waals surface area contributed by atoms with Crippen molar-refractivity contribution in [2.45, 2.75) is 31.8 Å². The lowest BCUT2D eigenvalue weighted by atomic mass is 9.91. The quantitative estimate of drug-likeness (QED) is 0.771. The fourth-order valence-electron chi connectivity index (χ4n) is 2.03. The van der Waals surface area contributed by atoms with Crippen LogP contribution in [0.1, 0.15) is 37.4 Å². The van der Waals surface area contributed by atoms with Gasteiger partial charge >= 0.3 is 0 Å². The largest absolute Gasteiger partial charge is 0.352 e. The summed E-state index contributed by atoms with van der Waals surface area (Å²) in [6, 6.07) is 7.89. The molecule has 2 rings (SSSR count). The molecule has 2 N–H and O–H groups in total. The minimum Gasteiger partial charge on any atom is -0.352 e. The van der Waals surface area contributed by atoms with Crippen molar-refractivity contribution >= 4 is 0 Å². The minimum atomic E-state index is -0.552. The van der Waals surface area contributed by atoms with Crippen LogP contribution in [0.3, 0.4) is 0 Å². The third-order valence-electron chi connectivity index (χ3n) is 2.95. The molecule has 0 saturated carbocycles. The van der Waals surface area contributed by atoms with Gasteiger partial charge in [0.25, 0.3) is 0 Å². The van der Waals surface area contributed by atoms with Crippen LogP contribution in [-0.2, 0) is 9.47 Å². The van der Waals surface area contributed by atoms with Gasteiger partial charge in [0.15, 0.2) is 6.29 Å². The summed E-state index contributed by atoms with van der Waals surface area (Å²) < 4.78 is 11.1. The number of nitrogens with one attached hydrogen (secondary N) is 1. The van der Waals surface area contributed by atoms with E-state index in [-0.39, 0.29) is 12.4 Å². The first-order chi connectivity index (χ1) is 7.60. The van der Waals surface area contributed by atoms with E-state index >= 15 is 0 Å². The average Bonchev–Trinajstić information content (AvgIpc) is 2.68. The molecule has 0 saturated heterocycles. The van der Waals surface area contributed by atoms with Gasteiger partial charge in [-0.15, -0.1) is 0 Å². The van der Waals surface area contributed by atoms with Gasteiger partial charge in [-0.1, -0.05) is 24.3 Å². The second-order valence-corrected chi connectivity index (χ2v) is 4.55. The second-order valence-electron chi connectivity index (χ2n) is 4.55. The Morgan fingerprint density at radius 3 is 2.50 bits per heavy atom. The number of methoxy groups -OCH3 is 1. The van der Waals surface area contributed by atoms with E-state index in [0.717, 1.165) is 11.1 Å². The van der Waals surface area contributed by atoms with E-state index in [1.807, 2.05) is 38.1 Å². The molecule has 0 spiro atoms. The lowest BCUT2D eigenvalue weighted by Crippen LogP contribution is -2.42. The van der Waals surface area contributed by atoms with Crippen LogP contribution in [-0.4, -0.2) is 17.9 Å². The maximum atomic E-state index is 9.17. The highest BCUT2D eigenvalue weighted by Crippen LogP contribution is 2.44. The van der Waals surface area contributed by atoms with E-state index in [1.165, 1.54) is 0 Å². The van der Waals surface area contributed by atoms with Crippen molar-refractivity contribution in [2.75, 3.05) is 7.11 Å². The molecule has 0 aromatic heterocycles. The summed E-state index contributed by atoms with van der Waals surface area (Å²) in [6.45, 7) is 3.76. The van der Waals surface area contributed by atoms with Crippen molar-refractivity contribution in [3.63, 3.8) is 0 Å². The zero-order valence-electron chi connectivity index (χ0n) is 9.73. The Morgan fingerprint density at radius 2 is 1.94 bits per heavy atom. The molecule has 88 valence electrons. The van der Waals surface area contributed by atoms with Gasteiger partial charge in [-0.25, -0.2) is 0 Å². The van der Waals surface area contributed by atoms with Gasteiger partial charge in [-0.2, -0.15) is 5.48 Å². The molecule has 0 fully saturated rings.